The maximum absolute atomic E-state index is 12.0. The highest BCUT2D eigenvalue weighted by atomic mass is 79.9. The lowest BCUT2D eigenvalue weighted by Crippen LogP contribution is -2.40. The van der Waals surface area contributed by atoms with E-state index >= 15 is 0 Å². The summed E-state index contributed by atoms with van der Waals surface area (Å²) in [6, 6.07) is 0. The van der Waals surface area contributed by atoms with Gasteiger partial charge in [-0.3, -0.25) is 0 Å². The van der Waals surface area contributed by atoms with Crippen LogP contribution < -0.4 is 0 Å². The summed E-state index contributed by atoms with van der Waals surface area (Å²) in [7, 11) is 0. The highest BCUT2D eigenvalue weighted by Gasteiger charge is 2.57. The number of hydrogen-bond donors (Lipinski definition) is 0. The van der Waals surface area contributed by atoms with E-state index in [0.717, 1.165) is 0 Å². The topological polar surface area (TPSA) is 9.23 Å². The van der Waals surface area contributed by atoms with Gasteiger partial charge in [-0.05, 0) is 0 Å². The van der Waals surface area contributed by atoms with Crippen molar-refractivity contribution in [3.05, 3.63) is 0 Å². The summed E-state index contributed by atoms with van der Waals surface area (Å²) >= 11 is 2.82. The summed E-state index contributed by atoms with van der Waals surface area (Å²) in [6.07, 6.45) is -5.53. The highest BCUT2D eigenvalue weighted by Crippen LogP contribution is 2.35. The SMILES string of the molecule is FC(F)(F)C(F)(F)COCCBr. The lowest BCUT2D eigenvalue weighted by Gasteiger charge is -2.18. The molecule has 0 fully saturated rings. The van der Waals surface area contributed by atoms with Crippen molar-refractivity contribution in [1.82, 2.24) is 0 Å². The minimum atomic E-state index is -5.53. The Morgan fingerprint density at radius 2 is 1.58 bits per heavy atom. The first-order valence-corrected chi connectivity index (χ1v) is 4.01. The Kier molecular flexibility index (Phi) is 4.39. The zero-order chi connectivity index (χ0) is 9.83. The van der Waals surface area contributed by atoms with Crippen LogP contribution in [-0.2, 0) is 4.74 Å². The van der Waals surface area contributed by atoms with Crippen LogP contribution >= 0.6 is 15.9 Å². The molecule has 0 atom stereocenters. The number of halogens is 6. The molecule has 0 aromatic rings. The zero-order valence-corrected chi connectivity index (χ0v) is 7.38. The Morgan fingerprint density at radius 3 is 1.92 bits per heavy atom. The van der Waals surface area contributed by atoms with Crippen molar-refractivity contribution in [3.63, 3.8) is 0 Å². The third kappa shape index (κ3) is 3.66. The summed E-state index contributed by atoms with van der Waals surface area (Å²) in [5.74, 6) is -4.75. The van der Waals surface area contributed by atoms with Gasteiger partial charge in [-0.1, -0.05) is 15.9 Å². The Morgan fingerprint density at radius 1 is 1.08 bits per heavy atom. The molecule has 0 saturated carbocycles. The molecule has 0 N–H and O–H groups in total. The van der Waals surface area contributed by atoms with Crippen molar-refractivity contribution in [1.29, 1.82) is 0 Å². The van der Waals surface area contributed by atoms with Crippen molar-refractivity contribution in [2.24, 2.45) is 0 Å². The number of ether oxygens (including phenoxy) is 1. The lowest BCUT2D eigenvalue weighted by atomic mass is 10.3. The summed E-state index contributed by atoms with van der Waals surface area (Å²) in [5.41, 5.74) is 0. The van der Waals surface area contributed by atoms with Gasteiger partial charge in [0.25, 0.3) is 0 Å². The van der Waals surface area contributed by atoms with Gasteiger partial charge in [0.05, 0.1) is 6.61 Å². The molecule has 74 valence electrons. The van der Waals surface area contributed by atoms with Crippen LogP contribution in [0.1, 0.15) is 0 Å². The van der Waals surface area contributed by atoms with Crippen LogP contribution in [0.3, 0.4) is 0 Å². The van der Waals surface area contributed by atoms with E-state index in [1.807, 2.05) is 0 Å². The third-order valence-electron chi connectivity index (χ3n) is 0.920. The van der Waals surface area contributed by atoms with Crippen LogP contribution in [0.5, 0.6) is 0 Å². The molecule has 0 spiro atoms. The second-order valence-electron chi connectivity index (χ2n) is 1.94. The van der Waals surface area contributed by atoms with Crippen molar-refractivity contribution in [3.8, 4) is 0 Å². The third-order valence-corrected chi connectivity index (χ3v) is 1.24. The molecule has 0 unspecified atom stereocenters. The van der Waals surface area contributed by atoms with Gasteiger partial charge in [0.15, 0.2) is 0 Å². The molecule has 7 heteroatoms. The van der Waals surface area contributed by atoms with Crippen molar-refractivity contribution < 1.29 is 26.7 Å². The molecule has 0 aromatic heterocycles. The second-order valence-corrected chi connectivity index (χ2v) is 2.74. The standard InChI is InChI=1S/C5H6BrF5O/c6-1-2-12-3-4(7,8)5(9,10)11/h1-3H2. The molecule has 0 aromatic carbocycles. The molecule has 0 bridgehead atoms. The van der Waals surface area contributed by atoms with Crippen LogP contribution in [0.25, 0.3) is 0 Å². The van der Waals surface area contributed by atoms with Gasteiger partial charge >= 0.3 is 12.1 Å². The lowest BCUT2D eigenvalue weighted by molar-refractivity contribution is -0.296. The van der Waals surface area contributed by atoms with E-state index < -0.39 is 18.7 Å². The average molecular weight is 257 g/mol. The maximum Gasteiger partial charge on any atom is 0.455 e. The molecule has 12 heavy (non-hydrogen) atoms. The molecule has 0 rings (SSSR count). The number of alkyl halides is 6. The normalized spacial score (nSPS) is 13.5. The second kappa shape index (κ2) is 4.36. The quantitative estimate of drug-likeness (QED) is 0.427. The molecule has 0 aliphatic heterocycles. The Balaban J connectivity index is 3.88. The fourth-order valence-electron chi connectivity index (χ4n) is 0.337. The molecule has 0 amide bonds. The van der Waals surface area contributed by atoms with Crippen LogP contribution in [0.4, 0.5) is 22.0 Å². The van der Waals surface area contributed by atoms with E-state index in [0.29, 0.717) is 0 Å². The van der Waals surface area contributed by atoms with Crippen LogP contribution in [-0.4, -0.2) is 30.6 Å². The first-order valence-electron chi connectivity index (χ1n) is 2.89. The van der Waals surface area contributed by atoms with Gasteiger partial charge in [0.1, 0.15) is 6.61 Å². The molecule has 1 nitrogen and oxygen atoms in total. The average Bonchev–Trinajstić information content (AvgIpc) is 1.85. The summed E-state index contributed by atoms with van der Waals surface area (Å²) in [4.78, 5) is 0. The first kappa shape index (κ1) is 12.1. The van der Waals surface area contributed by atoms with Gasteiger partial charge in [-0.15, -0.1) is 0 Å². The van der Waals surface area contributed by atoms with E-state index in [1.165, 1.54) is 0 Å². The summed E-state index contributed by atoms with van der Waals surface area (Å²) < 4.78 is 62.3. The van der Waals surface area contributed by atoms with Gasteiger partial charge in [0, 0.05) is 5.33 Å². The molecule has 0 heterocycles. The zero-order valence-electron chi connectivity index (χ0n) is 5.80. The van der Waals surface area contributed by atoms with Crippen LogP contribution in [0, 0.1) is 0 Å². The van der Waals surface area contributed by atoms with E-state index in [-0.39, 0.29) is 11.9 Å². The minimum Gasteiger partial charge on any atom is -0.374 e. The van der Waals surface area contributed by atoms with Gasteiger partial charge in [-0.2, -0.15) is 22.0 Å². The Labute approximate surface area is 74.0 Å². The fourth-order valence-corrected chi connectivity index (χ4v) is 0.566. The summed E-state index contributed by atoms with van der Waals surface area (Å²) in [6.45, 7) is -1.80. The van der Waals surface area contributed by atoms with Gasteiger partial charge < -0.3 is 4.74 Å². The number of rotatable bonds is 4. The minimum absolute atomic E-state index is 0.175. The number of hydrogen-bond acceptors (Lipinski definition) is 1. The van der Waals surface area contributed by atoms with Gasteiger partial charge in [-0.25, -0.2) is 0 Å². The predicted molar refractivity (Wildman–Crippen MR) is 35.6 cm³/mol. The smallest absolute Gasteiger partial charge is 0.374 e. The van der Waals surface area contributed by atoms with E-state index in [2.05, 4.69) is 20.7 Å². The predicted octanol–water partition coefficient (Wildman–Crippen LogP) is 2.60. The summed E-state index contributed by atoms with van der Waals surface area (Å²) in [5, 5.41) is 0.223. The Bertz CT molecular complexity index is 134. The van der Waals surface area contributed by atoms with E-state index in [1.54, 1.807) is 0 Å². The van der Waals surface area contributed by atoms with E-state index in [9.17, 15) is 22.0 Å². The highest BCUT2D eigenvalue weighted by molar-refractivity contribution is 9.09. The Hall–Kier alpha value is 0.0900. The molecule has 0 aliphatic carbocycles. The molecule has 0 aliphatic rings. The molecular formula is C5H6BrF5O. The van der Waals surface area contributed by atoms with Crippen LogP contribution in [0.2, 0.25) is 0 Å². The fraction of sp³-hybridized carbons (Fsp3) is 1.00. The van der Waals surface area contributed by atoms with Crippen molar-refractivity contribution >= 4 is 15.9 Å². The van der Waals surface area contributed by atoms with E-state index in [4.69, 9.17) is 0 Å². The van der Waals surface area contributed by atoms with Crippen molar-refractivity contribution in [2.75, 3.05) is 18.5 Å². The molecule has 0 saturated heterocycles. The van der Waals surface area contributed by atoms with Crippen LogP contribution in [0.15, 0.2) is 0 Å². The monoisotopic (exact) mass is 256 g/mol. The van der Waals surface area contributed by atoms with Gasteiger partial charge in [0.2, 0.25) is 0 Å². The van der Waals surface area contributed by atoms with Crippen molar-refractivity contribution in [2.45, 2.75) is 12.1 Å². The molecular weight excluding hydrogens is 251 g/mol. The molecule has 0 radical (unpaired) electrons. The largest absolute Gasteiger partial charge is 0.455 e. The maximum atomic E-state index is 12.0. The first-order chi connectivity index (χ1) is 5.31.